The highest BCUT2D eigenvalue weighted by atomic mass is 16.5. The first-order valence-electron chi connectivity index (χ1n) is 8.05. The van der Waals surface area contributed by atoms with E-state index in [0.29, 0.717) is 12.1 Å². The predicted octanol–water partition coefficient (Wildman–Crippen LogP) is 3.92. The van der Waals surface area contributed by atoms with Gasteiger partial charge < -0.3 is 14.6 Å². The van der Waals surface area contributed by atoms with Crippen LogP contribution in [0.15, 0.2) is 6.20 Å². The van der Waals surface area contributed by atoms with Crippen molar-refractivity contribution >= 4 is 5.95 Å². The molecule has 1 aromatic heterocycles. The first-order chi connectivity index (χ1) is 9.74. The quantitative estimate of drug-likeness (QED) is 0.822. The number of ether oxygens (including phenoxy) is 1. The maximum atomic E-state index is 5.32. The molecule has 1 aliphatic rings. The van der Waals surface area contributed by atoms with Crippen molar-refractivity contribution < 1.29 is 4.74 Å². The molecule has 20 heavy (non-hydrogen) atoms. The van der Waals surface area contributed by atoms with Gasteiger partial charge in [0.25, 0.3) is 0 Å². The van der Waals surface area contributed by atoms with E-state index in [1.165, 1.54) is 32.1 Å². The molecule has 0 radical (unpaired) electrons. The molecule has 1 atom stereocenters. The van der Waals surface area contributed by atoms with Gasteiger partial charge >= 0.3 is 0 Å². The van der Waals surface area contributed by atoms with E-state index in [0.717, 1.165) is 31.1 Å². The summed E-state index contributed by atoms with van der Waals surface area (Å²) in [5.41, 5.74) is 1.10. The Morgan fingerprint density at radius 1 is 1.40 bits per heavy atom. The molecule has 4 heteroatoms. The number of aromatic nitrogens is 2. The third-order valence-corrected chi connectivity index (χ3v) is 4.16. The zero-order valence-corrected chi connectivity index (χ0v) is 13.2. The van der Waals surface area contributed by atoms with Crippen molar-refractivity contribution in [2.24, 2.45) is 0 Å². The van der Waals surface area contributed by atoms with Crippen LogP contribution in [-0.4, -0.2) is 29.3 Å². The molecule has 0 aliphatic heterocycles. The van der Waals surface area contributed by atoms with Crippen LogP contribution < -0.4 is 5.32 Å². The van der Waals surface area contributed by atoms with Crippen LogP contribution in [0.2, 0.25) is 0 Å². The van der Waals surface area contributed by atoms with Crippen molar-refractivity contribution in [2.75, 3.05) is 19.0 Å². The molecule has 1 aliphatic carbocycles. The van der Waals surface area contributed by atoms with Gasteiger partial charge in [-0.3, -0.25) is 0 Å². The van der Waals surface area contributed by atoms with E-state index in [1.807, 2.05) is 0 Å². The van der Waals surface area contributed by atoms with E-state index in [2.05, 4.69) is 34.9 Å². The van der Waals surface area contributed by atoms with E-state index in [9.17, 15) is 0 Å². The molecule has 114 valence electrons. The van der Waals surface area contributed by atoms with Crippen molar-refractivity contribution in [2.45, 2.75) is 70.9 Å². The maximum absolute atomic E-state index is 5.32. The Hall–Kier alpha value is -1.03. The second-order valence-corrected chi connectivity index (χ2v) is 5.99. The Labute approximate surface area is 122 Å². The Kier molecular flexibility index (Phi) is 5.89. The smallest absolute Gasteiger partial charge is 0.203 e. The summed E-state index contributed by atoms with van der Waals surface area (Å²) in [4.78, 5) is 4.69. The van der Waals surface area contributed by atoms with E-state index in [4.69, 9.17) is 4.74 Å². The lowest BCUT2D eigenvalue weighted by atomic mass is 9.95. The van der Waals surface area contributed by atoms with Gasteiger partial charge in [0.1, 0.15) is 0 Å². The zero-order valence-electron chi connectivity index (χ0n) is 13.2. The van der Waals surface area contributed by atoms with Crippen LogP contribution in [0.3, 0.4) is 0 Å². The van der Waals surface area contributed by atoms with Crippen LogP contribution in [0.5, 0.6) is 0 Å². The molecule has 1 unspecified atom stereocenters. The molecule has 0 bridgehead atoms. The van der Waals surface area contributed by atoms with E-state index in [-0.39, 0.29) is 0 Å². The third kappa shape index (κ3) is 3.98. The Bertz CT molecular complexity index is 390. The zero-order chi connectivity index (χ0) is 14.4. The number of hydrogen-bond acceptors (Lipinski definition) is 3. The summed E-state index contributed by atoms with van der Waals surface area (Å²) in [6.45, 7) is 5.03. The molecule has 1 heterocycles. The SMILES string of the molecule is CCCC(COC)Nc1nc(C)cn1C1CCCCC1. The highest BCUT2D eigenvalue weighted by Gasteiger charge is 2.20. The van der Waals surface area contributed by atoms with Crippen molar-refractivity contribution in [3.63, 3.8) is 0 Å². The number of rotatable bonds is 7. The summed E-state index contributed by atoms with van der Waals surface area (Å²) in [6, 6.07) is 0.978. The Morgan fingerprint density at radius 3 is 2.80 bits per heavy atom. The number of methoxy groups -OCH3 is 1. The fourth-order valence-corrected chi connectivity index (χ4v) is 3.19. The molecule has 0 saturated heterocycles. The highest BCUT2D eigenvalue weighted by molar-refractivity contribution is 5.31. The van der Waals surface area contributed by atoms with Crippen molar-refractivity contribution in [1.29, 1.82) is 0 Å². The Balaban J connectivity index is 2.09. The number of anilines is 1. The van der Waals surface area contributed by atoms with Crippen molar-refractivity contribution in [1.82, 2.24) is 9.55 Å². The number of aryl methyl sites for hydroxylation is 1. The molecule has 2 rings (SSSR count). The van der Waals surface area contributed by atoms with Crippen molar-refractivity contribution in [3.05, 3.63) is 11.9 Å². The summed E-state index contributed by atoms with van der Waals surface area (Å²) in [5.74, 6) is 1.03. The number of hydrogen-bond donors (Lipinski definition) is 1. The summed E-state index contributed by atoms with van der Waals surface area (Å²) in [5, 5.41) is 3.59. The largest absolute Gasteiger partial charge is 0.383 e. The van der Waals surface area contributed by atoms with Crippen LogP contribution in [0.1, 0.15) is 63.6 Å². The van der Waals surface area contributed by atoms with Gasteiger partial charge in [-0.05, 0) is 26.2 Å². The number of nitrogens with one attached hydrogen (secondary N) is 1. The first kappa shape index (κ1) is 15.4. The second kappa shape index (κ2) is 7.67. The van der Waals surface area contributed by atoms with Crippen LogP contribution in [0.25, 0.3) is 0 Å². The number of imidazole rings is 1. The average Bonchev–Trinajstić information content (AvgIpc) is 2.81. The van der Waals surface area contributed by atoms with Gasteiger partial charge in [-0.25, -0.2) is 4.98 Å². The summed E-state index contributed by atoms with van der Waals surface area (Å²) in [6.07, 6.45) is 11.1. The summed E-state index contributed by atoms with van der Waals surface area (Å²) >= 11 is 0. The molecule has 0 spiro atoms. The first-order valence-corrected chi connectivity index (χ1v) is 8.05. The molecular formula is C16H29N3O. The lowest BCUT2D eigenvalue weighted by Crippen LogP contribution is -2.27. The van der Waals surface area contributed by atoms with Gasteiger partial charge in [-0.2, -0.15) is 0 Å². The minimum atomic E-state index is 0.356. The van der Waals surface area contributed by atoms with Crippen LogP contribution in [-0.2, 0) is 4.74 Å². The number of nitrogens with zero attached hydrogens (tertiary/aromatic N) is 2. The minimum Gasteiger partial charge on any atom is -0.383 e. The third-order valence-electron chi connectivity index (χ3n) is 4.16. The van der Waals surface area contributed by atoms with E-state index >= 15 is 0 Å². The monoisotopic (exact) mass is 279 g/mol. The van der Waals surface area contributed by atoms with Gasteiger partial charge in [0.15, 0.2) is 0 Å². The van der Waals surface area contributed by atoms with Gasteiger partial charge in [0.05, 0.1) is 18.3 Å². The normalized spacial score (nSPS) is 18.1. The molecule has 1 saturated carbocycles. The fourth-order valence-electron chi connectivity index (χ4n) is 3.19. The van der Waals surface area contributed by atoms with Gasteiger partial charge in [-0.1, -0.05) is 32.6 Å². The van der Waals surface area contributed by atoms with E-state index < -0.39 is 0 Å². The molecule has 4 nitrogen and oxygen atoms in total. The molecule has 1 fully saturated rings. The Morgan fingerprint density at radius 2 is 2.15 bits per heavy atom. The summed E-state index contributed by atoms with van der Waals surface area (Å²) in [7, 11) is 1.77. The average molecular weight is 279 g/mol. The molecule has 1 aromatic rings. The standard InChI is InChI=1S/C16H29N3O/c1-4-8-14(12-20-3)18-16-17-13(2)11-19(16)15-9-6-5-7-10-15/h11,14-15H,4-10,12H2,1-3H3,(H,17,18). The second-order valence-electron chi connectivity index (χ2n) is 5.99. The molecule has 0 amide bonds. The maximum Gasteiger partial charge on any atom is 0.203 e. The molecule has 0 aromatic carbocycles. The van der Waals surface area contributed by atoms with Crippen LogP contribution >= 0.6 is 0 Å². The van der Waals surface area contributed by atoms with Gasteiger partial charge in [0, 0.05) is 19.3 Å². The van der Waals surface area contributed by atoms with Gasteiger partial charge in [-0.15, -0.1) is 0 Å². The van der Waals surface area contributed by atoms with Gasteiger partial charge in [0.2, 0.25) is 5.95 Å². The molecule has 1 N–H and O–H groups in total. The fraction of sp³-hybridized carbons (Fsp3) is 0.812. The minimum absolute atomic E-state index is 0.356. The highest BCUT2D eigenvalue weighted by Crippen LogP contribution is 2.31. The predicted molar refractivity (Wildman–Crippen MR) is 83.3 cm³/mol. The lowest BCUT2D eigenvalue weighted by Gasteiger charge is -2.26. The summed E-state index contributed by atoms with van der Waals surface area (Å²) < 4.78 is 7.69. The van der Waals surface area contributed by atoms with Crippen LogP contribution in [0, 0.1) is 6.92 Å². The van der Waals surface area contributed by atoms with Crippen LogP contribution in [0.4, 0.5) is 5.95 Å². The lowest BCUT2D eigenvalue weighted by molar-refractivity contribution is 0.182. The van der Waals surface area contributed by atoms with Crippen molar-refractivity contribution in [3.8, 4) is 0 Å². The van der Waals surface area contributed by atoms with E-state index in [1.54, 1.807) is 7.11 Å². The topological polar surface area (TPSA) is 39.1 Å². The molecular weight excluding hydrogens is 250 g/mol.